The summed E-state index contributed by atoms with van der Waals surface area (Å²) in [4.78, 5) is 36.9. The number of hydrogen-bond donors (Lipinski definition) is 0. The van der Waals surface area contributed by atoms with Crippen LogP contribution >= 0.6 is 0 Å². The molecule has 1 saturated heterocycles. The van der Waals surface area contributed by atoms with Crippen LogP contribution in [0, 0.1) is 24.0 Å². The Morgan fingerprint density at radius 3 is 2.48 bits per heavy atom. The molecule has 11 heteroatoms. The molecule has 1 aliphatic heterocycles. The number of non-ortho nitro benzene ring substituents is 1. The van der Waals surface area contributed by atoms with Crippen LogP contribution in [-0.2, 0) is 0 Å². The minimum Gasteiger partial charge on any atom is -0.353 e. The van der Waals surface area contributed by atoms with Gasteiger partial charge in [0.15, 0.2) is 5.69 Å². The predicted octanol–water partition coefficient (Wildman–Crippen LogP) is 2.67. The molecule has 172 valence electrons. The van der Waals surface area contributed by atoms with Crippen molar-refractivity contribution < 1.29 is 9.72 Å². The fourth-order valence-corrected chi connectivity index (χ4v) is 3.79. The monoisotopic (exact) mass is 450 g/mol. The first-order chi connectivity index (χ1) is 15.7. The summed E-state index contributed by atoms with van der Waals surface area (Å²) in [6.45, 7) is 10.2. The van der Waals surface area contributed by atoms with Crippen molar-refractivity contribution >= 4 is 17.4 Å². The molecular weight excluding hydrogens is 424 g/mol. The number of hydrogen-bond acceptors (Lipinski definition) is 8. The van der Waals surface area contributed by atoms with Gasteiger partial charge in [-0.2, -0.15) is 0 Å². The van der Waals surface area contributed by atoms with Crippen molar-refractivity contribution in [3.05, 3.63) is 63.4 Å². The summed E-state index contributed by atoms with van der Waals surface area (Å²) in [5.41, 5.74) is 2.14. The Balaban J connectivity index is 1.48. The second-order valence-electron chi connectivity index (χ2n) is 8.37. The van der Waals surface area contributed by atoms with E-state index in [0.29, 0.717) is 37.6 Å². The van der Waals surface area contributed by atoms with Crippen molar-refractivity contribution in [3.8, 4) is 5.69 Å². The van der Waals surface area contributed by atoms with E-state index in [2.05, 4.69) is 34.0 Å². The number of nitro groups is 1. The molecule has 33 heavy (non-hydrogen) atoms. The Hall–Kier alpha value is -3.89. The average Bonchev–Trinajstić information content (AvgIpc) is 3.19. The van der Waals surface area contributed by atoms with E-state index in [1.165, 1.54) is 16.8 Å². The van der Waals surface area contributed by atoms with Gasteiger partial charge >= 0.3 is 0 Å². The van der Waals surface area contributed by atoms with Crippen LogP contribution in [0.4, 0.5) is 11.5 Å². The van der Waals surface area contributed by atoms with E-state index in [-0.39, 0.29) is 23.2 Å². The summed E-state index contributed by atoms with van der Waals surface area (Å²) in [5.74, 6) is 1.73. The molecule has 1 aromatic carbocycles. The number of benzene rings is 1. The molecule has 3 aromatic rings. The van der Waals surface area contributed by atoms with E-state index in [4.69, 9.17) is 4.98 Å². The lowest BCUT2D eigenvalue weighted by Crippen LogP contribution is -2.49. The first kappa shape index (κ1) is 22.3. The topological polar surface area (TPSA) is 123 Å². The highest BCUT2D eigenvalue weighted by Gasteiger charge is 2.27. The van der Waals surface area contributed by atoms with Crippen molar-refractivity contribution in [2.75, 3.05) is 31.1 Å². The maximum atomic E-state index is 13.1. The third-order valence-corrected chi connectivity index (χ3v) is 5.65. The summed E-state index contributed by atoms with van der Waals surface area (Å²) >= 11 is 0. The zero-order valence-corrected chi connectivity index (χ0v) is 19.1. The summed E-state index contributed by atoms with van der Waals surface area (Å²) < 4.78 is 1.45. The quantitative estimate of drug-likeness (QED) is 0.429. The van der Waals surface area contributed by atoms with Crippen molar-refractivity contribution in [2.45, 2.75) is 33.6 Å². The van der Waals surface area contributed by atoms with Gasteiger partial charge in [0.1, 0.15) is 11.6 Å². The molecule has 0 N–H and O–H groups in total. The summed E-state index contributed by atoms with van der Waals surface area (Å²) in [6, 6.07) is 8.05. The lowest BCUT2D eigenvalue weighted by molar-refractivity contribution is -0.384. The van der Waals surface area contributed by atoms with Crippen LogP contribution in [0.15, 0.2) is 30.3 Å². The highest BCUT2D eigenvalue weighted by Crippen LogP contribution is 2.21. The van der Waals surface area contributed by atoms with E-state index >= 15 is 0 Å². The number of piperazine rings is 1. The Labute approximate surface area is 191 Å². The fourth-order valence-electron chi connectivity index (χ4n) is 3.79. The third kappa shape index (κ3) is 4.52. The largest absolute Gasteiger partial charge is 0.353 e. The van der Waals surface area contributed by atoms with Gasteiger partial charge in [-0.3, -0.25) is 14.9 Å². The van der Waals surface area contributed by atoms with Crippen LogP contribution in [0.1, 0.15) is 47.5 Å². The molecule has 0 unspecified atom stereocenters. The van der Waals surface area contributed by atoms with Crippen LogP contribution in [-0.4, -0.2) is 66.9 Å². The van der Waals surface area contributed by atoms with Crippen molar-refractivity contribution in [1.29, 1.82) is 0 Å². The fraction of sp³-hybridized carbons (Fsp3) is 0.409. The third-order valence-electron chi connectivity index (χ3n) is 5.65. The minimum absolute atomic E-state index is 0.0491. The number of nitro benzene ring substituents is 1. The second kappa shape index (κ2) is 8.93. The van der Waals surface area contributed by atoms with E-state index in [1.54, 1.807) is 24.0 Å². The van der Waals surface area contributed by atoms with Crippen molar-refractivity contribution in [1.82, 2.24) is 29.9 Å². The van der Waals surface area contributed by atoms with E-state index in [1.807, 2.05) is 13.0 Å². The van der Waals surface area contributed by atoms with Gasteiger partial charge in [-0.15, -0.1) is 5.10 Å². The van der Waals surface area contributed by atoms with Crippen LogP contribution < -0.4 is 4.90 Å². The zero-order chi connectivity index (χ0) is 23.7. The summed E-state index contributed by atoms with van der Waals surface area (Å²) in [6.07, 6.45) is 0. The van der Waals surface area contributed by atoms with Gasteiger partial charge in [-0.25, -0.2) is 14.6 Å². The van der Waals surface area contributed by atoms with E-state index in [9.17, 15) is 14.9 Å². The van der Waals surface area contributed by atoms with Gasteiger partial charge in [0.2, 0.25) is 0 Å². The molecule has 0 bridgehead atoms. The molecule has 0 spiro atoms. The van der Waals surface area contributed by atoms with Gasteiger partial charge in [0.05, 0.1) is 16.3 Å². The molecule has 3 heterocycles. The lowest BCUT2D eigenvalue weighted by Gasteiger charge is -2.35. The van der Waals surface area contributed by atoms with Crippen LogP contribution in [0.25, 0.3) is 5.69 Å². The molecule has 11 nitrogen and oxygen atoms in total. The molecule has 1 aliphatic rings. The Morgan fingerprint density at radius 1 is 1.09 bits per heavy atom. The molecule has 1 fully saturated rings. The number of carbonyl (C=O) groups excluding carboxylic acids is 1. The molecule has 4 rings (SSSR count). The number of aryl methyl sites for hydroxylation is 1. The number of anilines is 1. The number of amides is 1. The number of nitrogens with zero attached hydrogens (tertiary/aromatic N) is 8. The highest BCUT2D eigenvalue weighted by molar-refractivity contribution is 5.93. The number of carbonyl (C=O) groups is 1. The predicted molar refractivity (Wildman–Crippen MR) is 122 cm³/mol. The van der Waals surface area contributed by atoms with E-state index < -0.39 is 4.92 Å². The molecule has 1 amide bonds. The first-order valence-corrected chi connectivity index (χ1v) is 10.8. The standard InChI is InChI=1S/C22H26N8O3/c1-14(2)21-23-15(3)12-19(24-21)27-8-10-28(11-9-27)22(31)20-16(4)29(26-25-20)17-6-5-7-18(13-17)30(32)33/h5-7,12-14H,8-11H2,1-4H3. The van der Waals surface area contributed by atoms with Gasteiger partial charge in [0, 0.05) is 56.0 Å². The average molecular weight is 451 g/mol. The van der Waals surface area contributed by atoms with Gasteiger partial charge in [-0.05, 0) is 19.9 Å². The van der Waals surface area contributed by atoms with Crippen LogP contribution in [0.3, 0.4) is 0 Å². The summed E-state index contributed by atoms with van der Waals surface area (Å²) in [7, 11) is 0. The molecule has 0 atom stereocenters. The van der Waals surface area contributed by atoms with Gasteiger partial charge < -0.3 is 9.80 Å². The molecular formula is C22H26N8O3. The lowest BCUT2D eigenvalue weighted by atomic mass is 10.2. The van der Waals surface area contributed by atoms with Gasteiger partial charge in [0.25, 0.3) is 11.6 Å². The molecule has 0 aliphatic carbocycles. The highest BCUT2D eigenvalue weighted by atomic mass is 16.6. The summed E-state index contributed by atoms with van der Waals surface area (Å²) in [5, 5.41) is 19.2. The second-order valence-corrected chi connectivity index (χ2v) is 8.37. The maximum absolute atomic E-state index is 13.1. The maximum Gasteiger partial charge on any atom is 0.276 e. The molecule has 2 aromatic heterocycles. The number of rotatable bonds is 5. The SMILES string of the molecule is Cc1cc(N2CCN(C(=O)c3nnn(-c4cccc([N+](=O)[O-])c4)c3C)CC2)nc(C(C)C)n1. The number of aromatic nitrogens is 5. The van der Waals surface area contributed by atoms with E-state index in [0.717, 1.165) is 17.3 Å². The Kier molecular flexibility index (Phi) is 6.03. The van der Waals surface area contributed by atoms with Crippen LogP contribution in [0.2, 0.25) is 0 Å². The van der Waals surface area contributed by atoms with Crippen LogP contribution in [0.5, 0.6) is 0 Å². The Morgan fingerprint density at radius 2 is 1.82 bits per heavy atom. The van der Waals surface area contributed by atoms with Crippen molar-refractivity contribution in [3.63, 3.8) is 0 Å². The molecule has 0 saturated carbocycles. The van der Waals surface area contributed by atoms with Gasteiger partial charge in [-0.1, -0.05) is 25.1 Å². The smallest absolute Gasteiger partial charge is 0.276 e. The first-order valence-electron chi connectivity index (χ1n) is 10.8. The van der Waals surface area contributed by atoms with Crippen molar-refractivity contribution in [2.24, 2.45) is 0 Å². The minimum atomic E-state index is -0.468. The molecule has 0 radical (unpaired) electrons. The zero-order valence-electron chi connectivity index (χ0n) is 19.1. The normalized spacial score (nSPS) is 14.1. The Bertz CT molecular complexity index is 1200.